The minimum atomic E-state index is -0.224. The SMILES string of the molecule is C[C@H]1CC[C@@H]1Oc1ccc2c(c1)COC2=O. The molecule has 0 saturated heterocycles. The van der Waals surface area contributed by atoms with Crippen molar-refractivity contribution >= 4 is 5.97 Å². The highest BCUT2D eigenvalue weighted by molar-refractivity contribution is 5.93. The van der Waals surface area contributed by atoms with E-state index in [-0.39, 0.29) is 5.97 Å². The Bertz CT molecular complexity index is 439. The number of hydrogen-bond acceptors (Lipinski definition) is 3. The summed E-state index contributed by atoms with van der Waals surface area (Å²) in [5.74, 6) is 1.28. The molecule has 0 N–H and O–H groups in total. The van der Waals surface area contributed by atoms with Gasteiger partial charge < -0.3 is 9.47 Å². The van der Waals surface area contributed by atoms with Crippen LogP contribution in [0.3, 0.4) is 0 Å². The van der Waals surface area contributed by atoms with Crippen molar-refractivity contribution in [2.75, 3.05) is 0 Å². The quantitative estimate of drug-likeness (QED) is 0.715. The molecule has 2 atom stereocenters. The largest absolute Gasteiger partial charge is 0.490 e. The van der Waals surface area contributed by atoms with E-state index in [0.29, 0.717) is 24.2 Å². The molecule has 1 saturated carbocycles. The van der Waals surface area contributed by atoms with Gasteiger partial charge in [0.2, 0.25) is 0 Å². The van der Waals surface area contributed by atoms with E-state index in [0.717, 1.165) is 17.7 Å². The second-order valence-corrected chi connectivity index (χ2v) is 4.61. The second-order valence-electron chi connectivity index (χ2n) is 4.61. The molecule has 0 aromatic heterocycles. The standard InChI is InChI=1S/C13H14O3/c1-8-2-5-12(8)16-10-3-4-11-9(6-10)7-15-13(11)14/h3-4,6,8,12H,2,5,7H2,1H3/t8-,12-/m0/s1. The molecule has 0 spiro atoms. The molecule has 1 aliphatic heterocycles. The number of rotatable bonds is 2. The molecule has 3 nitrogen and oxygen atoms in total. The van der Waals surface area contributed by atoms with Gasteiger partial charge in [0, 0.05) is 5.56 Å². The summed E-state index contributed by atoms with van der Waals surface area (Å²) < 4.78 is 10.8. The molecule has 3 heteroatoms. The summed E-state index contributed by atoms with van der Waals surface area (Å²) in [5.41, 5.74) is 1.61. The third kappa shape index (κ3) is 1.47. The van der Waals surface area contributed by atoms with Gasteiger partial charge >= 0.3 is 5.97 Å². The topological polar surface area (TPSA) is 35.5 Å². The van der Waals surface area contributed by atoms with Gasteiger partial charge in [0.05, 0.1) is 5.56 Å². The van der Waals surface area contributed by atoms with Crippen LogP contribution in [-0.2, 0) is 11.3 Å². The second kappa shape index (κ2) is 3.51. The Morgan fingerprint density at radius 3 is 2.94 bits per heavy atom. The van der Waals surface area contributed by atoms with Crippen LogP contribution >= 0.6 is 0 Å². The van der Waals surface area contributed by atoms with Crippen LogP contribution in [0.4, 0.5) is 0 Å². The number of ether oxygens (including phenoxy) is 2. The first-order chi connectivity index (χ1) is 7.74. The van der Waals surface area contributed by atoms with E-state index in [1.807, 2.05) is 12.1 Å². The molecule has 1 aromatic carbocycles. The van der Waals surface area contributed by atoms with Gasteiger partial charge in [-0.1, -0.05) is 6.92 Å². The third-order valence-electron chi connectivity index (χ3n) is 3.48. The van der Waals surface area contributed by atoms with Gasteiger partial charge in [-0.05, 0) is 37.0 Å². The number of cyclic esters (lactones) is 1. The lowest BCUT2D eigenvalue weighted by molar-refractivity contribution is 0.0532. The van der Waals surface area contributed by atoms with Crippen LogP contribution in [0.25, 0.3) is 0 Å². The lowest BCUT2D eigenvalue weighted by atomic mass is 9.83. The number of carbonyl (C=O) groups excluding carboxylic acids is 1. The van der Waals surface area contributed by atoms with Crippen molar-refractivity contribution in [3.8, 4) is 5.75 Å². The van der Waals surface area contributed by atoms with Crippen LogP contribution in [0.2, 0.25) is 0 Å². The minimum Gasteiger partial charge on any atom is -0.490 e. The predicted molar refractivity (Wildman–Crippen MR) is 58.4 cm³/mol. The number of carbonyl (C=O) groups is 1. The maximum Gasteiger partial charge on any atom is 0.338 e. The Balaban J connectivity index is 1.79. The molecule has 84 valence electrons. The summed E-state index contributed by atoms with van der Waals surface area (Å²) in [6.07, 6.45) is 2.72. The molecule has 0 bridgehead atoms. The fraction of sp³-hybridized carbons (Fsp3) is 0.462. The normalized spacial score (nSPS) is 26.9. The molecule has 3 rings (SSSR count). The van der Waals surface area contributed by atoms with Crippen molar-refractivity contribution in [1.29, 1.82) is 0 Å². The van der Waals surface area contributed by atoms with E-state index in [1.54, 1.807) is 6.07 Å². The lowest BCUT2D eigenvalue weighted by Crippen LogP contribution is -2.34. The zero-order valence-corrected chi connectivity index (χ0v) is 9.23. The van der Waals surface area contributed by atoms with Gasteiger partial charge in [-0.15, -0.1) is 0 Å². The molecule has 0 amide bonds. The first kappa shape index (κ1) is 9.70. The molecular formula is C13H14O3. The highest BCUT2D eigenvalue weighted by Gasteiger charge is 2.29. The predicted octanol–water partition coefficient (Wildman–Crippen LogP) is 2.53. The van der Waals surface area contributed by atoms with Gasteiger partial charge in [0.15, 0.2) is 0 Å². The van der Waals surface area contributed by atoms with Crippen molar-refractivity contribution in [1.82, 2.24) is 0 Å². The smallest absolute Gasteiger partial charge is 0.338 e. The Morgan fingerprint density at radius 1 is 1.38 bits per heavy atom. The molecule has 1 heterocycles. The molecule has 0 unspecified atom stereocenters. The van der Waals surface area contributed by atoms with Crippen molar-refractivity contribution < 1.29 is 14.3 Å². The average Bonchev–Trinajstić information content (AvgIpc) is 2.66. The highest BCUT2D eigenvalue weighted by Crippen LogP contribution is 2.32. The molecule has 1 aromatic rings. The zero-order chi connectivity index (χ0) is 11.1. The van der Waals surface area contributed by atoms with Crippen LogP contribution in [0, 0.1) is 5.92 Å². The number of fused-ring (bicyclic) bond motifs is 1. The third-order valence-corrected chi connectivity index (χ3v) is 3.48. The Hall–Kier alpha value is -1.51. The first-order valence-corrected chi connectivity index (χ1v) is 5.71. The Labute approximate surface area is 94.4 Å². The summed E-state index contributed by atoms with van der Waals surface area (Å²) >= 11 is 0. The first-order valence-electron chi connectivity index (χ1n) is 5.71. The van der Waals surface area contributed by atoms with Crippen LogP contribution in [0.15, 0.2) is 18.2 Å². The zero-order valence-electron chi connectivity index (χ0n) is 9.23. The van der Waals surface area contributed by atoms with Gasteiger partial charge in [0.1, 0.15) is 18.5 Å². The summed E-state index contributed by atoms with van der Waals surface area (Å²) in [6, 6.07) is 5.57. The van der Waals surface area contributed by atoms with Crippen LogP contribution < -0.4 is 4.74 Å². The van der Waals surface area contributed by atoms with Gasteiger partial charge in [-0.25, -0.2) is 4.79 Å². The molecule has 1 fully saturated rings. The molecule has 1 aliphatic carbocycles. The minimum absolute atomic E-state index is 0.224. The summed E-state index contributed by atoms with van der Waals surface area (Å²) in [4.78, 5) is 11.3. The van der Waals surface area contributed by atoms with Gasteiger partial charge in [-0.2, -0.15) is 0 Å². The summed E-state index contributed by atoms with van der Waals surface area (Å²) in [6.45, 7) is 2.58. The van der Waals surface area contributed by atoms with Crippen LogP contribution in [-0.4, -0.2) is 12.1 Å². The van der Waals surface area contributed by atoms with E-state index in [9.17, 15) is 4.79 Å². The number of esters is 1. The van der Waals surface area contributed by atoms with Crippen molar-refractivity contribution in [3.63, 3.8) is 0 Å². The maximum atomic E-state index is 11.3. The van der Waals surface area contributed by atoms with Crippen molar-refractivity contribution in [2.45, 2.75) is 32.5 Å². The maximum absolute atomic E-state index is 11.3. The van der Waals surface area contributed by atoms with E-state index < -0.39 is 0 Å². The van der Waals surface area contributed by atoms with Crippen LogP contribution in [0.1, 0.15) is 35.7 Å². The van der Waals surface area contributed by atoms with Gasteiger partial charge in [0.25, 0.3) is 0 Å². The summed E-state index contributed by atoms with van der Waals surface area (Å²) in [7, 11) is 0. The van der Waals surface area contributed by atoms with E-state index in [4.69, 9.17) is 9.47 Å². The van der Waals surface area contributed by atoms with Gasteiger partial charge in [-0.3, -0.25) is 0 Å². The fourth-order valence-corrected chi connectivity index (χ4v) is 2.17. The van der Waals surface area contributed by atoms with E-state index in [2.05, 4.69) is 6.92 Å². The fourth-order valence-electron chi connectivity index (χ4n) is 2.17. The number of hydrogen-bond donors (Lipinski definition) is 0. The van der Waals surface area contributed by atoms with E-state index in [1.165, 1.54) is 6.42 Å². The Morgan fingerprint density at radius 2 is 2.25 bits per heavy atom. The van der Waals surface area contributed by atoms with E-state index >= 15 is 0 Å². The molecule has 0 radical (unpaired) electrons. The van der Waals surface area contributed by atoms with Crippen molar-refractivity contribution in [2.24, 2.45) is 5.92 Å². The molecule has 2 aliphatic rings. The number of benzene rings is 1. The lowest BCUT2D eigenvalue weighted by Gasteiger charge is -2.34. The van der Waals surface area contributed by atoms with Crippen LogP contribution in [0.5, 0.6) is 5.75 Å². The molecule has 16 heavy (non-hydrogen) atoms. The summed E-state index contributed by atoms with van der Waals surface area (Å²) in [5, 5.41) is 0. The Kier molecular flexibility index (Phi) is 2.13. The molecular weight excluding hydrogens is 204 g/mol. The average molecular weight is 218 g/mol. The monoisotopic (exact) mass is 218 g/mol. The van der Waals surface area contributed by atoms with Crippen molar-refractivity contribution in [3.05, 3.63) is 29.3 Å². The highest BCUT2D eigenvalue weighted by atomic mass is 16.5.